The first-order valence-corrected chi connectivity index (χ1v) is 5.24. The Morgan fingerprint density at radius 3 is 2.67 bits per heavy atom. The molecule has 0 radical (unpaired) electrons. The molecule has 8 heteroatoms. The lowest BCUT2D eigenvalue weighted by atomic mass is 10.1. The average Bonchev–Trinajstić information content (AvgIpc) is 2.38. The molecule has 0 saturated carbocycles. The molecule has 0 saturated heterocycles. The number of nitro benzene ring substituents is 1. The van der Waals surface area contributed by atoms with Gasteiger partial charge in [0.2, 0.25) is 0 Å². The van der Waals surface area contributed by atoms with Crippen molar-refractivity contribution >= 4 is 22.5 Å². The first kappa shape index (κ1) is 12.7. The van der Waals surface area contributed by atoms with E-state index in [0.717, 1.165) is 12.1 Å². The van der Waals surface area contributed by atoms with E-state index in [1.54, 1.807) is 0 Å². The second-order valence-corrected chi connectivity index (χ2v) is 4.01. The monoisotopic (exact) mass is 276 g/mol. The molecule has 0 aliphatic carbocycles. The molecule has 2 rings (SSSR count). The minimum absolute atomic E-state index is 0.0656. The molecule has 1 aromatic rings. The van der Waals surface area contributed by atoms with Crippen LogP contribution in [0.15, 0.2) is 23.2 Å². The highest BCUT2D eigenvalue weighted by Crippen LogP contribution is 2.34. The van der Waals surface area contributed by atoms with Crippen molar-refractivity contribution in [2.75, 3.05) is 13.3 Å². The Morgan fingerprint density at radius 1 is 1.44 bits per heavy atom. The van der Waals surface area contributed by atoms with Gasteiger partial charge < -0.3 is 4.74 Å². The van der Waals surface area contributed by atoms with E-state index in [4.69, 9.17) is 16.3 Å². The number of aliphatic imine (C=N–C) groups is 1. The zero-order valence-electron chi connectivity index (χ0n) is 8.90. The second kappa shape index (κ2) is 4.49. The molecule has 1 aromatic carbocycles. The molecule has 0 fully saturated rings. The van der Waals surface area contributed by atoms with E-state index in [1.807, 2.05) is 0 Å². The van der Waals surface area contributed by atoms with Crippen molar-refractivity contribution in [1.29, 1.82) is 0 Å². The van der Waals surface area contributed by atoms with E-state index in [1.165, 1.54) is 6.07 Å². The van der Waals surface area contributed by atoms with Gasteiger partial charge in [0.05, 0.1) is 10.5 Å². The fourth-order valence-electron chi connectivity index (χ4n) is 1.50. The number of nitrogens with zero attached hydrogens (tertiary/aromatic N) is 2. The SMILES string of the molecule is O=[N+]([O-])c1ccc2c(c1)C(Cl)=NC(CF)(CF)O2. The molecule has 0 spiro atoms. The first-order valence-electron chi connectivity index (χ1n) is 4.86. The number of ether oxygens (including phenoxy) is 1. The Kier molecular flexibility index (Phi) is 3.16. The fraction of sp³-hybridized carbons (Fsp3) is 0.300. The lowest BCUT2D eigenvalue weighted by Gasteiger charge is -2.29. The number of fused-ring (bicyclic) bond motifs is 1. The highest BCUT2D eigenvalue weighted by atomic mass is 35.5. The first-order chi connectivity index (χ1) is 8.51. The summed E-state index contributed by atoms with van der Waals surface area (Å²) < 4.78 is 30.6. The second-order valence-electron chi connectivity index (χ2n) is 3.66. The lowest BCUT2D eigenvalue weighted by molar-refractivity contribution is -0.384. The summed E-state index contributed by atoms with van der Waals surface area (Å²) in [6.07, 6.45) is 0. The summed E-state index contributed by atoms with van der Waals surface area (Å²) in [7, 11) is 0. The predicted molar refractivity (Wildman–Crippen MR) is 60.8 cm³/mol. The van der Waals surface area contributed by atoms with Crippen LogP contribution in [-0.2, 0) is 0 Å². The Bertz CT molecular complexity index is 532. The summed E-state index contributed by atoms with van der Waals surface area (Å²) in [5, 5.41) is 10.4. The van der Waals surface area contributed by atoms with Gasteiger partial charge >= 0.3 is 0 Å². The molecule has 18 heavy (non-hydrogen) atoms. The van der Waals surface area contributed by atoms with Gasteiger partial charge in [-0.25, -0.2) is 13.8 Å². The molecule has 0 unspecified atom stereocenters. The van der Waals surface area contributed by atoms with Crippen molar-refractivity contribution in [3.63, 3.8) is 0 Å². The third-order valence-electron chi connectivity index (χ3n) is 2.42. The van der Waals surface area contributed by atoms with Crippen LogP contribution < -0.4 is 4.74 Å². The van der Waals surface area contributed by atoms with E-state index in [0.29, 0.717) is 0 Å². The van der Waals surface area contributed by atoms with Gasteiger partial charge in [-0.2, -0.15) is 0 Å². The van der Waals surface area contributed by atoms with E-state index >= 15 is 0 Å². The zero-order chi connectivity index (χ0) is 13.3. The summed E-state index contributed by atoms with van der Waals surface area (Å²) in [6, 6.07) is 3.54. The van der Waals surface area contributed by atoms with Gasteiger partial charge in [-0.05, 0) is 6.07 Å². The number of hydrogen-bond donors (Lipinski definition) is 0. The minimum atomic E-state index is -1.99. The van der Waals surface area contributed by atoms with Crippen LogP contribution in [0.5, 0.6) is 5.75 Å². The Labute approximate surface area is 105 Å². The lowest BCUT2D eigenvalue weighted by Crippen LogP contribution is -2.42. The molecule has 96 valence electrons. The number of rotatable bonds is 3. The molecule has 1 heterocycles. The quantitative estimate of drug-likeness (QED) is 0.629. The van der Waals surface area contributed by atoms with Gasteiger partial charge in [-0.3, -0.25) is 10.1 Å². The zero-order valence-corrected chi connectivity index (χ0v) is 9.66. The Balaban J connectivity index is 2.50. The number of halogens is 3. The fourth-order valence-corrected chi connectivity index (χ4v) is 1.80. The summed E-state index contributed by atoms with van der Waals surface area (Å²) in [6.45, 7) is -2.37. The van der Waals surface area contributed by atoms with Gasteiger partial charge in [0.25, 0.3) is 11.4 Å². The van der Waals surface area contributed by atoms with Crippen LogP contribution in [0.3, 0.4) is 0 Å². The van der Waals surface area contributed by atoms with Crippen LogP contribution >= 0.6 is 11.6 Å². The number of alkyl halides is 2. The Hall–Kier alpha value is -1.76. The van der Waals surface area contributed by atoms with Crippen molar-refractivity contribution in [1.82, 2.24) is 0 Å². The third-order valence-corrected chi connectivity index (χ3v) is 2.70. The van der Waals surface area contributed by atoms with Crippen LogP contribution in [0.25, 0.3) is 0 Å². The van der Waals surface area contributed by atoms with Crippen molar-refractivity contribution < 1.29 is 18.4 Å². The van der Waals surface area contributed by atoms with Gasteiger partial charge in [0.15, 0.2) is 13.3 Å². The van der Waals surface area contributed by atoms with Crippen LogP contribution in [0.2, 0.25) is 0 Å². The van der Waals surface area contributed by atoms with E-state index in [9.17, 15) is 18.9 Å². The smallest absolute Gasteiger partial charge is 0.270 e. The van der Waals surface area contributed by atoms with E-state index in [-0.39, 0.29) is 22.2 Å². The van der Waals surface area contributed by atoms with Crippen LogP contribution in [-0.4, -0.2) is 29.2 Å². The Morgan fingerprint density at radius 2 is 2.11 bits per heavy atom. The number of hydrogen-bond acceptors (Lipinski definition) is 4. The molecule has 0 bridgehead atoms. The minimum Gasteiger partial charge on any atom is -0.460 e. The van der Waals surface area contributed by atoms with Crippen LogP contribution in [0, 0.1) is 10.1 Å². The maximum absolute atomic E-state index is 12.8. The van der Waals surface area contributed by atoms with E-state index in [2.05, 4.69) is 4.99 Å². The standard InChI is InChI=1S/C10H7ClF2N2O3/c11-9-7-3-6(15(16)17)1-2-8(7)18-10(4-12,5-13)14-9/h1-3H,4-5H2. The molecule has 0 amide bonds. The number of benzene rings is 1. The van der Waals surface area contributed by atoms with Crippen molar-refractivity contribution in [3.8, 4) is 5.75 Å². The van der Waals surface area contributed by atoms with Crippen molar-refractivity contribution in [2.24, 2.45) is 4.99 Å². The molecule has 0 aromatic heterocycles. The van der Waals surface area contributed by atoms with Gasteiger partial charge in [-0.15, -0.1) is 0 Å². The van der Waals surface area contributed by atoms with Crippen LogP contribution in [0.1, 0.15) is 5.56 Å². The molecule has 1 aliphatic heterocycles. The van der Waals surface area contributed by atoms with Crippen LogP contribution in [0.4, 0.5) is 14.5 Å². The van der Waals surface area contributed by atoms with Gasteiger partial charge in [0, 0.05) is 12.1 Å². The highest BCUT2D eigenvalue weighted by molar-refractivity contribution is 6.70. The third kappa shape index (κ3) is 2.01. The summed E-state index contributed by atoms with van der Waals surface area (Å²) in [5.74, 6) is 0.0656. The average molecular weight is 277 g/mol. The summed E-state index contributed by atoms with van der Waals surface area (Å²) >= 11 is 5.78. The number of non-ortho nitro benzene ring substituents is 1. The maximum Gasteiger partial charge on any atom is 0.270 e. The normalized spacial score (nSPS) is 16.5. The predicted octanol–water partition coefficient (Wildman–Crippen LogP) is 2.61. The molecular formula is C10H7ClF2N2O3. The maximum atomic E-state index is 12.8. The van der Waals surface area contributed by atoms with Crippen molar-refractivity contribution in [2.45, 2.75) is 5.72 Å². The van der Waals surface area contributed by atoms with Gasteiger partial charge in [0.1, 0.15) is 10.9 Å². The molecule has 0 N–H and O–H groups in total. The van der Waals surface area contributed by atoms with E-state index < -0.39 is 24.0 Å². The summed E-state index contributed by atoms with van der Waals surface area (Å²) in [5.41, 5.74) is -2.05. The van der Waals surface area contributed by atoms with Gasteiger partial charge in [-0.1, -0.05) is 11.6 Å². The largest absolute Gasteiger partial charge is 0.460 e. The summed E-state index contributed by atoms with van der Waals surface area (Å²) in [4.78, 5) is 13.6. The molecule has 1 aliphatic rings. The highest BCUT2D eigenvalue weighted by Gasteiger charge is 2.38. The molecule has 0 atom stereocenters. The molecular weight excluding hydrogens is 270 g/mol. The van der Waals surface area contributed by atoms with Crippen molar-refractivity contribution in [3.05, 3.63) is 33.9 Å². The molecule has 5 nitrogen and oxygen atoms in total. The topological polar surface area (TPSA) is 64.7 Å². The number of nitro groups is 1.